The van der Waals surface area contributed by atoms with E-state index in [4.69, 9.17) is 0 Å². The Bertz CT molecular complexity index is 223. The zero-order valence-electron chi connectivity index (χ0n) is 7.00. The van der Waals surface area contributed by atoms with Gasteiger partial charge in [0.2, 0.25) is 10.0 Å². The van der Waals surface area contributed by atoms with Crippen molar-refractivity contribution < 1.29 is 8.42 Å². The van der Waals surface area contributed by atoms with Crippen LogP contribution in [0.2, 0.25) is 0 Å². The molecule has 0 amide bonds. The third-order valence-corrected chi connectivity index (χ3v) is 2.88. The van der Waals surface area contributed by atoms with Gasteiger partial charge < -0.3 is 0 Å². The van der Waals surface area contributed by atoms with Crippen molar-refractivity contribution in [1.29, 1.82) is 0 Å². The van der Waals surface area contributed by atoms with Crippen LogP contribution in [0.4, 0.5) is 0 Å². The molecule has 1 fully saturated rings. The van der Waals surface area contributed by atoms with Crippen molar-refractivity contribution in [3.8, 4) is 0 Å². The van der Waals surface area contributed by atoms with Gasteiger partial charge in [0, 0.05) is 6.54 Å². The molecule has 0 spiro atoms. The van der Waals surface area contributed by atoms with E-state index in [2.05, 4.69) is 11.6 Å². The van der Waals surface area contributed by atoms with Crippen LogP contribution in [0.3, 0.4) is 0 Å². The molecule has 0 bridgehead atoms. The lowest BCUT2D eigenvalue weighted by atomic mass is 10.2. The fourth-order valence-electron chi connectivity index (χ4n) is 1.23. The molecule has 0 aliphatic heterocycles. The van der Waals surface area contributed by atoms with Crippen LogP contribution in [0.5, 0.6) is 0 Å². The highest BCUT2D eigenvalue weighted by Gasteiger charge is 2.31. The predicted molar refractivity (Wildman–Crippen MR) is 44.7 cm³/mol. The molecule has 0 aromatic heterocycles. The van der Waals surface area contributed by atoms with Gasteiger partial charge >= 0.3 is 0 Å². The van der Waals surface area contributed by atoms with Gasteiger partial charge in [-0.2, -0.15) is 0 Å². The molecule has 1 aliphatic carbocycles. The van der Waals surface area contributed by atoms with Gasteiger partial charge in [0.25, 0.3) is 0 Å². The maximum atomic E-state index is 10.6. The lowest BCUT2D eigenvalue weighted by Crippen LogP contribution is -2.23. The zero-order chi connectivity index (χ0) is 8.48. The Hall–Kier alpha value is -0.0900. The van der Waals surface area contributed by atoms with Crippen LogP contribution in [0.15, 0.2) is 0 Å². The SMILES string of the molecule is CC1CC1CCNS(C)(=O)=O. The van der Waals surface area contributed by atoms with Gasteiger partial charge in [0.15, 0.2) is 0 Å². The topological polar surface area (TPSA) is 46.2 Å². The molecule has 66 valence electrons. The third kappa shape index (κ3) is 3.72. The molecule has 2 unspecified atom stereocenters. The van der Waals surface area contributed by atoms with Crippen LogP contribution in [0.1, 0.15) is 19.8 Å². The molecule has 1 saturated carbocycles. The van der Waals surface area contributed by atoms with E-state index < -0.39 is 10.0 Å². The summed E-state index contributed by atoms with van der Waals surface area (Å²) in [5.74, 6) is 1.58. The smallest absolute Gasteiger partial charge is 0.208 e. The first-order valence-corrected chi connectivity index (χ1v) is 5.83. The molecule has 0 saturated heterocycles. The second-order valence-electron chi connectivity index (χ2n) is 3.43. The molecule has 0 heterocycles. The van der Waals surface area contributed by atoms with E-state index in [0.717, 1.165) is 18.3 Å². The number of hydrogen-bond acceptors (Lipinski definition) is 2. The van der Waals surface area contributed by atoms with Crippen molar-refractivity contribution in [2.45, 2.75) is 19.8 Å². The average Bonchev–Trinajstić information content (AvgIpc) is 2.43. The Morgan fingerprint density at radius 2 is 2.09 bits per heavy atom. The molecule has 3 nitrogen and oxygen atoms in total. The Morgan fingerprint density at radius 3 is 2.45 bits per heavy atom. The Labute approximate surface area is 68.2 Å². The summed E-state index contributed by atoms with van der Waals surface area (Å²) in [5, 5.41) is 0. The van der Waals surface area contributed by atoms with E-state index >= 15 is 0 Å². The Kier molecular flexibility index (Phi) is 2.54. The van der Waals surface area contributed by atoms with Gasteiger partial charge in [-0.1, -0.05) is 6.92 Å². The van der Waals surface area contributed by atoms with Crippen LogP contribution < -0.4 is 4.72 Å². The van der Waals surface area contributed by atoms with Gasteiger partial charge in [-0.25, -0.2) is 13.1 Å². The molecule has 0 radical (unpaired) electrons. The number of nitrogens with one attached hydrogen (secondary N) is 1. The lowest BCUT2D eigenvalue weighted by Gasteiger charge is -1.99. The molecule has 1 N–H and O–H groups in total. The standard InChI is InChI=1S/C7H15NO2S/c1-6-5-7(6)3-4-8-11(2,9)10/h6-8H,3-5H2,1-2H3. The molecular weight excluding hydrogens is 162 g/mol. The fourth-order valence-corrected chi connectivity index (χ4v) is 1.72. The maximum Gasteiger partial charge on any atom is 0.208 e. The van der Waals surface area contributed by atoms with Gasteiger partial charge in [-0.05, 0) is 24.7 Å². The van der Waals surface area contributed by atoms with Crippen LogP contribution in [0.25, 0.3) is 0 Å². The summed E-state index contributed by atoms with van der Waals surface area (Å²) >= 11 is 0. The first-order chi connectivity index (χ1) is 4.99. The first kappa shape index (κ1) is 9.00. The summed E-state index contributed by atoms with van der Waals surface area (Å²) < 4.78 is 23.7. The highest BCUT2D eigenvalue weighted by Crippen LogP contribution is 2.39. The second kappa shape index (κ2) is 3.11. The summed E-state index contributed by atoms with van der Waals surface area (Å²) in [6.45, 7) is 2.80. The number of hydrogen-bond donors (Lipinski definition) is 1. The zero-order valence-corrected chi connectivity index (χ0v) is 7.82. The van der Waals surface area contributed by atoms with Crippen LogP contribution in [0, 0.1) is 11.8 Å². The highest BCUT2D eigenvalue weighted by atomic mass is 32.2. The molecule has 4 heteroatoms. The maximum absolute atomic E-state index is 10.6. The van der Waals surface area contributed by atoms with E-state index in [-0.39, 0.29) is 0 Å². The molecule has 11 heavy (non-hydrogen) atoms. The summed E-state index contributed by atoms with van der Waals surface area (Å²) in [7, 11) is -2.96. The van der Waals surface area contributed by atoms with Crippen molar-refractivity contribution in [1.82, 2.24) is 4.72 Å². The van der Waals surface area contributed by atoms with Crippen LogP contribution >= 0.6 is 0 Å². The summed E-state index contributed by atoms with van der Waals surface area (Å²) in [6.07, 6.45) is 3.46. The van der Waals surface area contributed by atoms with Gasteiger partial charge in [-0.3, -0.25) is 0 Å². The van der Waals surface area contributed by atoms with Crippen molar-refractivity contribution >= 4 is 10.0 Å². The summed E-state index contributed by atoms with van der Waals surface area (Å²) in [5.41, 5.74) is 0. The van der Waals surface area contributed by atoms with Crippen LogP contribution in [-0.4, -0.2) is 21.2 Å². The molecule has 2 atom stereocenters. The molecule has 1 rings (SSSR count). The van der Waals surface area contributed by atoms with Gasteiger partial charge in [-0.15, -0.1) is 0 Å². The van der Waals surface area contributed by atoms with Crippen molar-refractivity contribution in [2.75, 3.05) is 12.8 Å². The van der Waals surface area contributed by atoms with E-state index in [0.29, 0.717) is 6.54 Å². The van der Waals surface area contributed by atoms with E-state index in [1.165, 1.54) is 12.7 Å². The monoisotopic (exact) mass is 177 g/mol. The summed E-state index contributed by atoms with van der Waals surface area (Å²) in [6, 6.07) is 0. The van der Waals surface area contributed by atoms with Crippen molar-refractivity contribution in [2.24, 2.45) is 11.8 Å². The Morgan fingerprint density at radius 1 is 1.55 bits per heavy atom. The lowest BCUT2D eigenvalue weighted by molar-refractivity contribution is 0.577. The molecular formula is C7H15NO2S. The van der Waals surface area contributed by atoms with Gasteiger partial charge in [0.1, 0.15) is 0 Å². The van der Waals surface area contributed by atoms with Gasteiger partial charge in [0.05, 0.1) is 6.26 Å². The minimum absolute atomic E-state index is 0.605. The normalized spacial score (nSPS) is 30.4. The quantitative estimate of drug-likeness (QED) is 0.683. The summed E-state index contributed by atoms with van der Waals surface area (Å²) in [4.78, 5) is 0. The fraction of sp³-hybridized carbons (Fsp3) is 1.00. The number of rotatable bonds is 4. The average molecular weight is 177 g/mol. The van der Waals surface area contributed by atoms with E-state index in [9.17, 15) is 8.42 Å². The first-order valence-electron chi connectivity index (χ1n) is 3.93. The molecule has 0 aromatic rings. The van der Waals surface area contributed by atoms with Crippen molar-refractivity contribution in [3.63, 3.8) is 0 Å². The van der Waals surface area contributed by atoms with Crippen molar-refractivity contribution in [3.05, 3.63) is 0 Å². The Balaban J connectivity index is 2.06. The minimum atomic E-state index is -2.96. The second-order valence-corrected chi connectivity index (χ2v) is 5.26. The molecule has 0 aromatic carbocycles. The predicted octanol–water partition coefficient (Wildman–Crippen LogP) is 0.582. The molecule has 1 aliphatic rings. The van der Waals surface area contributed by atoms with E-state index in [1.807, 2.05) is 0 Å². The van der Waals surface area contributed by atoms with E-state index in [1.54, 1.807) is 0 Å². The third-order valence-electron chi connectivity index (χ3n) is 2.16. The van der Waals surface area contributed by atoms with Crippen LogP contribution in [-0.2, 0) is 10.0 Å². The highest BCUT2D eigenvalue weighted by molar-refractivity contribution is 7.88. The number of sulfonamides is 1. The largest absolute Gasteiger partial charge is 0.215 e. The minimum Gasteiger partial charge on any atom is -0.215 e.